The van der Waals surface area contributed by atoms with Crippen molar-refractivity contribution in [1.82, 2.24) is 5.32 Å². The van der Waals surface area contributed by atoms with Crippen LogP contribution in [0.5, 0.6) is 0 Å². The molecule has 0 aliphatic heterocycles. The van der Waals surface area contributed by atoms with Crippen molar-refractivity contribution < 1.29 is 9.59 Å². The number of halogens is 1. The molecule has 0 aliphatic carbocycles. The van der Waals surface area contributed by atoms with Crippen LogP contribution in [-0.2, 0) is 9.59 Å². The molecule has 4 nitrogen and oxygen atoms in total. The summed E-state index contributed by atoms with van der Waals surface area (Å²) in [4.78, 5) is 22.5. The first kappa shape index (κ1) is 13.5. The Hall–Kier alpha value is -1.55. The predicted octanol–water partition coefficient (Wildman–Crippen LogP) is 2.11. The van der Waals surface area contributed by atoms with Gasteiger partial charge in [-0.15, -0.1) is 0 Å². The first-order valence-electron chi connectivity index (χ1n) is 5.35. The fraction of sp³-hybridized carbons (Fsp3) is 0.333. The van der Waals surface area contributed by atoms with Crippen molar-refractivity contribution in [3.63, 3.8) is 0 Å². The highest BCUT2D eigenvalue weighted by Crippen LogP contribution is 2.19. The van der Waals surface area contributed by atoms with E-state index in [1.54, 1.807) is 25.1 Å². The number of carbonyl (C=O) groups is 2. The van der Waals surface area contributed by atoms with Gasteiger partial charge in [0.05, 0.1) is 6.54 Å². The maximum absolute atomic E-state index is 11.5. The molecule has 0 unspecified atom stereocenters. The Morgan fingerprint density at radius 1 is 1.29 bits per heavy atom. The second kappa shape index (κ2) is 6.25. The number of hydrogen-bond acceptors (Lipinski definition) is 2. The lowest BCUT2D eigenvalue weighted by Crippen LogP contribution is -2.32. The topological polar surface area (TPSA) is 58.2 Å². The fourth-order valence-electron chi connectivity index (χ4n) is 1.27. The maximum Gasteiger partial charge on any atom is 0.243 e. The first-order chi connectivity index (χ1) is 8.02. The standard InChI is InChI=1S/C12H15ClN2O2/c1-3-11(16)14-7-12(17)15-10-5-4-9(13)6-8(10)2/h4-6H,3,7H2,1-2H3,(H,14,16)(H,15,17). The van der Waals surface area contributed by atoms with Gasteiger partial charge in [-0.05, 0) is 30.7 Å². The van der Waals surface area contributed by atoms with Crippen LogP contribution < -0.4 is 10.6 Å². The van der Waals surface area contributed by atoms with Crippen LogP contribution in [0.15, 0.2) is 18.2 Å². The van der Waals surface area contributed by atoms with Crippen molar-refractivity contribution in [2.45, 2.75) is 20.3 Å². The summed E-state index contributed by atoms with van der Waals surface area (Å²) in [5.74, 6) is -0.398. The molecule has 0 aliphatic rings. The van der Waals surface area contributed by atoms with Crippen molar-refractivity contribution in [1.29, 1.82) is 0 Å². The van der Waals surface area contributed by atoms with Gasteiger partial charge >= 0.3 is 0 Å². The number of amides is 2. The molecule has 2 N–H and O–H groups in total. The number of carbonyl (C=O) groups excluding carboxylic acids is 2. The molecule has 0 saturated heterocycles. The molecule has 0 saturated carbocycles. The van der Waals surface area contributed by atoms with Gasteiger partial charge in [-0.1, -0.05) is 18.5 Å². The quantitative estimate of drug-likeness (QED) is 0.865. The van der Waals surface area contributed by atoms with Gasteiger partial charge < -0.3 is 10.6 Å². The summed E-state index contributed by atoms with van der Waals surface area (Å²) in [5.41, 5.74) is 1.58. The molecule has 0 bridgehead atoms. The second-order valence-corrected chi connectivity index (χ2v) is 4.07. The highest BCUT2D eigenvalue weighted by Gasteiger charge is 2.06. The average molecular weight is 255 g/mol. The van der Waals surface area contributed by atoms with Crippen LogP contribution in [0, 0.1) is 6.92 Å². The van der Waals surface area contributed by atoms with E-state index in [4.69, 9.17) is 11.6 Å². The minimum Gasteiger partial charge on any atom is -0.347 e. The molecule has 0 fully saturated rings. The number of benzene rings is 1. The third-order valence-corrected chi connectivity index (χ3v) is 2.46. The number of rotatable bonds is 4. The molecule has 17 heavy (non-hydrogen) atoms. The molecule has 2 amide bonds. The van der Waals surface area contributed by atoms with Crippen molar-refractivity contribution in [2.24, 2.45) is 0 Å². The zero-order chi connectivity index (χ0) is 12.8. The fourth-order valence-corrected chi connectivity index (χ4v) is 1.49. The van der Waals surface area contributed by atoms with Crippen molar-refractivity contribution in [3.05, 3.63) is 28.8 Å². The SMILES string of the molecule is CCC(=O)NCC(=O)Nc1ccc(Cl)cc1C. The molecular formula is C12H15ClN2O2. The third kappa shape index (κ3) is 4.44. The lowest BCUT2D eigenvalue weighted by Gasteiger charge is -2.09. The molecule has 0 spiro atoms. The molecule has 5 heteroatoms. The van der Waals surface area contributed by atoms with E-state index < -0.39 is 0 Å². The Labute approximate surface area is 105 Å². The van der Waals surface area contributed by atoms with Crippen molar-refractivity contribution in [2.75, 3.05) is 11.9 Å². The molecule has 92 valence electrons. The van der Waals surface area contributed by atoms with E-state index in [0.29, 0.717) is 17.1 Å². The number of aryl methyl sites for hydroxylation is 1. The molecule has 0 radical (unpaired) electrons. The zero-order valence-electron chi connectivity index (χ0n) is 9.84. The first-order valence-corrected chi connectivity index (χ1v) is 5.73. The van der Waals surface area contributed by atoms with Crippen LogP contribution in [0.3, 0.4) is 0 Å². The van der Waals surface area contributed by atoms with Gasteiger partial charge in [0.2, 0.25) is 11.8 Å². The third-order valence-electron chi connectivity index (χ3n) is 2.23. The van der Waals surface area contributed by atoms with Crippen LogP contribution in [0.4, 0.5) is 5.69 Å². The maximum atomic E-state index is 11.5. The smallest absolute Gasteiger partial charge is 0.243 e. The van der Waals surface area contributed by atoms with Gasteiger partial charge in [0.15, 0.2) is 0 Å². The lowest BCUT2D eigenvalue weighted by atomic mass is 10.2. The molecule has 0 heterocycles. The highest BCUT2D eigenvalue weighted by atomic mass is 35.5. The Bertz CT molecular complexity index is 433. The summed E-state index contributed by atoms with van der Waals surface area (Å²) in [6, 6.07) is 5.20. The Morgan fingerprint density at radius 3 is 2.59 bits per heavy atom. The Balaban J connectivity index is 2.53. The lowest BCUT2D eigenvalue weighted by molar-refractivity contribution is -0.123. The predicted molar refractivity (Wildman–Crippen MR) is 68.1 cm³/mol. The van der Waals surface area contributed by atoms with E-state index in [1.807, 2.05) is 6.92 Å². The monoisotopic (exact) mass is 254 g/mol. The number of nitrogens with one attached hydrogen (secondary N) is 2. The van der Waals surface area contributed by atoms with Crippen molar-refractivity contribution in [3.8, 4) is 0 Å². The normalized spacial score (nSPS) is 9.82. The zero-order valence-corrected chi connectivity index (χ0v) is 10.6. The summed E-state index contributed by atoms with van der Waals surface area (Å²) < 4.78 is 0. The number of hydrogen-bond donors (Lipinski definition) is 2. The van der Waals surface area contributed by atoms with E-state index in [-0.39, 0.29) is 18.4 Å². The minimum absolute atomic E-state index is 0.0191. The summed E-state index contributed by atoms with van der Waals surface area (Å²) in [6.07, 6.45) is 0.368. The van der Waals surface area contributed by atoms with Gasteiger partial charge in [0.1, 0.15) is 0 Å². The Morgan fingerprint density at radius 2 is 2.00 bits per heavy atom. The Kier molecular flexibility index (Phi) is 4.97. The summed E-state index contributed by atoms with van der Waals surface area (Å²) in [6.45, 7) is 3.57. The van der Waals surface area contributed by atoms with Gasteiger partial charge in [-0.3, -0.25) is 9.59 Å². The second-order valence-electron chi connectivity index (χ2n) is 3.64. The molecule has 1 aromatic rings. The highest BCUT2D eigenvalue weighted by molar-refractivity contribution is 6.30. The van der Waals surface area contributed by atoms with E-state index in [1.165, 1.54) is 0 Å². The van der Waals surface area contributed by atoms with Gasteiger partial charge in [0.25, 0.3) is 0 Å². The number of anilines is 1. The largest absolute Gasteiger partial charge is 0.347 e. The van der Waals surface area contributed by atoms with Crippen molar-refractivity contribution >= 4 is 29.1 Å². The molecule has 0 aromatic heterocycles. The van der Waals surface area contributed by atoms with Crippen LogP contribution >= 0.6 is 11.6 Å². The minimum atomic E-state index is -0.253. The van der Waals surface area contributed by atoms with E-state index in [2.05, 4.69) is 10.6 Å². The van der Waals surface area contributed by atoms with Crippen LogP contribution in [0.25, 0.3) is 0 Å². The summed E-state index contributed by atoms with van der Waals surface area (Å²) in [7, 11) is 0. The van der Waals surface area contributed by atoms with E-state index in [0.717, 1.165) is 5.56 Å². The van der Waals surface area contributed by atoms with Crippen LogP contribution in [0.2, 0.25) is 5.02 Å². The molecule has 0 atom stereocenters. The van der Waals surface area contributed by atoms with Crippen LogP contribution in [-0.4, -0.2) is 18.4 Å². The van der Waals surface area contributed by atoms with Gasteiger partial charge in [0, 0.05) is 17.1 Å². The summed E-state index contributed by atoms with van der Waals surface area (Å²) in [5, 5.41) is 5.84. The van der Waals surface area contributed by atoms with E-state index >= 15 is 0 Å². The van der Waals surface area contributed by atoms with Gasteiger partial charge in [-0.25, -0.2) is 0 Å². The van der Waals surface area contributed by atoms with Gasteiger partial charge in [-0.2, -0.15) is 0 Å². The molecule has 1 rings (SSSR count). The molecular weight excluding hydrogens is 240 g/mol. The van der Waals surface area contributed by atoms with Crippen LogP contribution in [0.1, 0.15) is 18.9 Å². The average Bonchev–Trinajstić information content (AvgIpc) is 2.29. The molecule has 1 aromatic carbocycles. The van der Waals surface area contributed by atoms with E-state index in [9.17, 15) is 9.59 Å². The summed E-state index contributed by atoms with van der Waals surface area (Å²) >= 11 is 5.81.